The van der Waals surface area contributed by atoms with E-state index >= 15 is 0 Å². The number of hydrogen-bond acceptors (Lipinski definition) is 2. The molecule has 1 aromatic carbocycles. The molecule has 0 aliphatic heterocycles. The van der Waals surface area contributed by atoms with Crippen LogP contribution in [-0.4, -0.2) is 17.1 Å². The highest BCUT2D eigenvalue weighted by molar-refractivity contribution is 5.69. The summed E-state index contributed by atoms with van der Waals surface area (Å²) in [6.45, 7) is 3.73. The van der Waals surface area contributed by atoms with Crippen molar-refractivity contribution in [1.82, 2.24) is 0 Å². The minimum Gasteiger partial charge on any atom is -0.481 e. The van der Waals surface area contributed by atoms with Crippen molar-refractivity contribution < 1.29 is 9.90 Å². The van der Waals surface area contributed by atoms with Crippen LogP contribution in [0.1, 0.15) is 24.5 Å². The predicted octanol–water partition coefficient (Wildman–Crippen LogP) is 1.98. The van der Waals surface area contributed by atoms with Gasteiger partial charge in [-0.05, 0) is 25.3 Å². The zero-order valence-electron chi connectivity index (χ0n) is 9.81. The smallest absolute Gasteiger partial charge is 0.306 e. The molecule has 0 saturated carbocycles. The van der Waals surface area contributed by atoms with Gasteiger partial charge < -0.3 is 10.8 Å². The third-order valence-electron chi connectivity index (χ3n) is 2.70. The average Bonchev–Trinajstić information content (AvgIpc) is 2.21. The monoisotopic (exact) mass is 221 g/mol. The van der Waals surface area contributed by atoms with E-state index in [1.807, 2.05) is 31.2 Å². The van der Waals surface area contributed by atoms with Crippen molar-refractivity contribution in [2.75, 3.05) is 0 Å². The van der Waals surface area contributed by atoms with E-state index in [4.69, 9.17) is 10.8 Å². The molecule has 0 aromatic heterocycles. The van der Waals surface area contributed by atoms with E-state index in [1.165, 1.54) is 5.56 Å². The largest absolute Gasteiger partial charge is 0.481 e. The van der Waals surface area contributed by atoms with Crippen LogP contribution in [0.5, 0.6) is 0 Å². The minimum atomic E-state index is -0.778. The molecule has 0 aliphatic carbocycles. The zero-order valence-corrected chi connectivity index (χ0v) is 9.81. The van der Waals surface area contributed by atoms with Crippen LogP contribution in [0, 0.1) is 12.8 Å². The van der Waals surface area contributed by atoms with Gasteiger partial charge in [0.25, 0.3) is 0 Å². The Hall–Kier alpha value is -1.35. The first kappa shape index (κ1) is 12.7. The summed E-state index contributed by atoms with van der Waals surface area (Å²) in [6.07, 6.45) is 1.25. The van der Waals surface area contributed by atoms with Crippen LogP contribution in [0.25, 0.3) is 0 Å². The molecule has 88 valence electrons. The third-order valence-corrected chi connectivity index (χ3v) is 2.70. The molecular formula is C13H19NO2. The van der Waals surface area contributed by atoms with E-state index in [0.717, 1.165) is 12.0 Å². The number of nitrogens with two attached hydrogens (primary N) is 1. The summed E-state index contributed by atoms with van der Waals surface area (Å²) < 4.78 is 0. The molecule has 0 fully saturated rings. The Morgan fingerprint density at radius 1 is 1.38 bits per heavy atom. The lowest BCUT2D eigenvalue weighted by atomic mass is 9.96. The van der Waals surface area contributed by atoms with Crippen molar-refractivity contribution in [2.45, 2.75) is 32.7 Å². The Bertz CT molecular complexity index is 345. The summed E-state index contributed by atoms with van der Waals surface area (Å²) in [5.74, 6) is -1.15. The molecule has 1 rings (SSSR count). The highest BCUT2D eigenvalue weighted by atomic mass is 16.4. The van der Waals surface area contributed by atoms with Gasteiger partial charge in [0.2, 0.25) is 0 Å². The lowest BCUT2D eigenvalue weighted by molar-refractivity contribution is -0.141. The second-order valence-electron chi connectivity index (χ2n) is 4.42. The molecule has 2 atom stereocenters. The van der Waals surface area contributed by atoms with E-state index in [1.54, 1.807) is 6.92 Å². The fraction of sp³-hybridized carbons (Fsp3) is 0.462. The van der Waals surface area contributed by atoms with Crippen LogP contribution >= 0.6 is 0 Å². The van der Waals surface area contributed by atoms with Gasteiger partial charge in [-0.15, -0.1) is 0 Å². The molecule has 0 saturated heterocycles. The summed E-state index contributed by atoms with van der Waals surface area (Å²) in [5.41, 5.74) is 8.30. The number of benzene rings is 1. The van der Waals surface area contributed by atoms with Gasteiger partial charge in [-0.25, -0.2) is 0 Å². The van der Waals surface area contributed by atoms with Gasteiger partial charge in [0.1, 0.15) is 0 Å². The number of carboxylic acids is 1. The quantitative estimate of drug-likeness (QED) is 0.799. The van der Waals surface area contributed by atoms with Crippen LogP contribution in [-0.2, 0) is 11.2 Å². The Labute approximate surface area is 96.3 Å². The van der Waals surface area contributed by atoms with E-state index in [-0.39, 0.29) is 12.0 Å². The van der Waals surface area contributed by atoms with Crippen LogP contribution in [0.4, 0.5) is 0 Å². The predicted molar refractivity (Wildman–Crippen MR) is 64.3 cm³/mol. The molecule has 16 heavy (non-hydrogen) atoms. The maximum Gasteiger partial charge on any atom is 0.306 e. The van der Waals surface area contributed by atoms with Crippen molar-refractivity contribution in [2.24, 2.45) is 11.7 Å². The number of aliphatic carboxylic acids is 1. The molecular weight excluding hydrogens is 202 g/mol. The second-order valence-corrected chi connectivity index (χ2v) is 4.42. The Morgan fingerprint density at radius 2 is 1.94 bits per heavy atom. The van der Waals surface area contributed by atoms with Crippen molar-refractivity contribution in [3.8, 4) is 0 Å². The van der Waals surface area contributed by atoms with Gasteiger partial charge in [-0.3, -0.25) is 4.79 Å². The summed E-state index contributed by atoms with van der Waals surface area (Å²) in [5, 5.41) is 8.78. The molecule has 0 amide bonds. The fourth-order valence-electron chi connectivity index (χ4n) is 1.67. The average molecular weight is 221 g/mol. The number of hydrogen-bond donors (Lipinski definition) is 2. The topological polar surface area (TPSA) is 63.3 Å². The van der Waals surface area contributed by atoms with E-state index in [2.05, 4.69) is 0 Å². The van der Waals surface area contributed by atoms with Gasteiger partial charge in [-0.2, -0.15) is 0 Å². The fourth-order valence-corrected chi connectivity index (χ4v) is 1.67. The molecule has 3 nitrogen and oxygen atoms in total. The highest BCUT2D eigenvalue weighted by Crippen LogP contribution is 2.11. The Kier molecular flexibility index (Phi) is 4.50. The molecule has 3 N–H and O–H groups in total. The van der Waals surface area contributed by atoms with Crippen LogP contribution in [0.2, 0.25) is 0 Å². The van der Waals surface area contributed by atoms with E-state index in [9.17, 15) is 4.79 Å². The van der Waals surface area contributed by atoms with E-state index in [0.29, 0.717) is 6.42 Å². The van der Waals surface area contributed by atoms with Crippen molar-refractivity contribution >= 4 is 5.97 Å². The Morgan fingerprint density at radius 3 is 2.44 bits per heavy atom. The Balaban J connectivity index is 2.48. The van der Waals surface area contributed by atoms with Gasteiger partial charge in [0.05, 0.1) is 5.92 Å². The zero-order chi connectivity index (χ0) is 12.1. The number of aryl methyl sites for hydroxylation is 1. The van der Waals surface area contributed by atoms with Crippen molar-refractivity contribution in [3.05, 3.63) is 35.4 Å². The molecule has 0 bridgehead atoms. The molecule has 0 aliphatic rings. The first-order valence-corrected chi connectivity index (χ1v) is 5.53. The van der Waals surface area contributed by atoms with Crippen LogP contribution in [0.15, 0.2) is 24.3 Å². The van der Waals surface area contributed by atoms with Crippen LogP contribution in [0.3, 0.4) is 0 Å². The summed E-state index contributed by atoms with van der Waals surface area (Å²) in [6, 6.07) is 8.08. The number of rotatable bonds is 5. The maximum atomic E-state index is 10.7. The number of carboxylic acid groups (broad SMARTS) is 1. The molecule has 0 heterocycles. The van der Waals surface area contributed by atoms with Crippen molar-refractivity contribution in [3.63, 3.8) is 0 Å². The summed E-state index contributed by atoms with van der Waals surface area (Å²) in [7, 11) is 0. The summed E-state index contributed by atoms with van der Waals surface area (Å²) >= 11 is 0. The highest BCUT2D eigenvalue weighted by Gasteiger charge is 2.15. The second kappa shape index (κ2) is 5.66. The normalized spacial score (nSPS) is 14.4. The summed E-state index contributed by atoms with van der Waals surface area (Å²) in [4.78, 5) is 10.7. The first-order chi connectivity index (χ1) is 7.49. The minimum absolute atomic E-state index is 0.0891. The molecule has 0 radical (unpaired) electrons. The third kappa shape index (κ3) is 4.03. The lowest BCUT2D eigenvalue weighted by Crippen LogP contribution is -2.28. The van der Waals surface area contributed by atoms with Gasteiger partial charge >= 0.3 is 5.97 Å². The lowest BCUT2D eigenvalue weighted by Gasteiger charge is -2.14. The van der Waals surface area contributed by atoms with Gasteiger partial charge in [-0.1, -0.05) is 36.8 Å². The SMILES string of the molecule is Cc1ccc(C[C@H](N)C[C@@H](C)C(=O)O)cc1. The molecule has 0 unspecified atom stereocenters. The standard InChI is InChI=1S/C13H19NO2/c1-9-3-5-11(6-4-9)8-12(14)7-10(2)13(15)16/h3-6,10,12H,7-8,14H2,1-2H3,(H,15,16)/t10-,12-/m1/s1. The molecule has 3 heteroatoms. The maximum absolute atomic E-state index is 10.7. The van der Waals surface area contributed by atoms with E-state index < -0.39 is 5.97 Å². The van der Waals surface area contributed by atoms with Crippen LogP contribution < -0.4 is 5.73 Å². The van der Waals surface area contributed by atoms with Gasteiger partial charge in [0.15, 0.2) is 0 Å². The van der Waals surface area contributed by atoms with Gasteiger partial charge in [0, 0.05) is 6.04 Å². The number of carbonyl (C=O) groups is 1. The first-order valence-electron chi connectivity index (χ1n) is 5.53. The molecule has 1 aromatic rings. The molecule has 0 spiro atoms. The van der Waals surface area contributed by atoms with Crippen molar-refractivity contribution in [1.29, 1.82) is 0 Å².